The summed E-state index contributed by atoms with van der Waals surface area (Å²) < 4.78 is 0. The number of aromatic nitrogens is 2. The number of likely N-dealkylation sites (tertiary alicyclic amines) is 1. The van der Waals surface area contributed by atoms with E-state index in [0.717, 1.165) is 49.6 Å². The molecule has 21 heavy (non-hydrogen) atoms. The Balaban J connectivity index is 1.67. The predicted octanol–water partition coefficient (Wildman–Crippen LogP) is 2.28. The van der Waals surface area contributed by atoms with Crippen LogP contribution in [0, 0.1) is 6.92 Å². The van der Waals surface area contributed by atoms with Gasteiger partial charge in [0.25, 0.3) is 0 Å². The van der Waals surface area contributed by atoms with Crippen molar-refractivity contribution in [2.45, 2.75) is 45.6 Å². The fourth-order valence-electron chi connectivity index (χ4n) is 3.41. The molecular formula is C16H27N5. The van der Waals surface area contributed by atoms with Crippen LogP contribution in [0.25, 0.3) is 0 Å². The highest BCUT2D eigenvalue weighted by molar-refractivity contribution is 5.50. The van der Waals surface area contributed by atoms with Crippen molar-refractivity contribution in [3.05, 3.63) is 11.9 Å². The molecule has 5 nitrogen and oxygen atoms in total. The number of nitrogens with zero attached hydrogens (tertiary/aromatic N) is 4. The van der Waals surface area contributed by atoms with Gasteiger partial charge < -0.3 is 10.2 Å². The maximum atomic E-state index is 4.64. The molecule has 1 aromatic heterocycles. The van der Waals surface area contributed by atoms with E-state index in [1.165, 1.54) is 32.4 Å². The molecule has 0 aliphatic carbocycles. The van der Waals surface area contributed by atoms with Crippen molar-refractivity contribution in [1.29, 1.82) is 0 Å². The van der Waals surface area contributed by atoms with Crippen LogP contribution in [0.2, 0.25) is 0 Å². The molecule has 3 rings (SSSR count). The molecule has 0 spiro atoms. The van der Waals surface area contributed by atoms with Crippen LogP contribution in [0.3, 0.4) is 0 Å². The first kappa shape index (κ1) is 14.6. The summed E-state index contributed by atoms with van der Waals surface area (Å²) in [6.45, 7) is 9.91. The van der Waals surface area contributed by atoms with Crippen LogP contribution in [0.1, 0.15) is 38.4 Å². The van der Waals surface area contributed by atoms with Gasteiger partial charge in [-0.1, -0.05) is 6.92 Å². The second kappa shape index (κ2) is 6.60. The van der Waals surface area contributed by atoms with Crippen LogP contribution < -0.4 is 10.2 Å². The Morgan fingerprint density at radius 2 is 2.05 bits per heavy atom. The van der Waals surface area contributed by atoms with E-state index in [-0.39, 0.29) is 0 Å². The van der Waals surface area contributed by atoms with E-state index in [4.69, 9.17) is 0 Å². The second-order valence-corrected chi connectivity index (χ2v) is 6.22. The average molecular weight is 289 g/mol. The van der Waals surface area contributed by atoms with Gasteiger partial charge in [0.15, 0.2) is 0 Å². The predicted molar refractivity (Wildman–Crippen MR) is 87.0 cm³/mol. The van der Waals surface area contributed by atoms with E-state index in [0.29, 0.717) is 0 Å². The summed E-state index contributed by atoms with van der Waals surface area (Å²) in [5, 5.41) is 3.38. The molecule has 0 amide bonds. The van der Waals surface area contributed by atoms with Gasteiger partial charge in [-0.25, -0.2) is 9.97 Å². The molecule has 5 heteroatoms. The first-order valence-corrected chi connectivity index (χ1v) is 8.35. The number of rotatable bonds is 5. The van der Waals surface area contributed by atoms with Crippen molar-refractivity contribution in [3.63, 3.8) is 0 Å². The smallest absolute Gasteiger partial charge is 0.134 e. The fraction of sp³-hybridized carbons (Fsp3) is 0.750. The molecule has 0 saturated carbocycles. The summed E-state index contributed by atoms with van der Waals surface area (Å²) in [6.07, 6.45) is 5.11. The minimum atomic E-state index is 0.717. The standard InChI is InChI=1S/C16H27N5/c1-3-7-17-15-11-16(19-13(2)18-15)21-10-6-14(12-21)20-8-4-5-9-20/h11,14H,3-10,12H2,1-2H3,(H,17,18,19). The molecule has 2 fully saturated rings. The maximum absolute atomic E-state index is 4.64. The van der Waals surface area contributed by atoms with Crippen molar-refractivity contribution in [2.75, 3.05) is 42.9 Å². The highest BCUT2D eigenvalue weighted by Crippen LogP contribution is 2.25. The third kappa shape index (κ3) is 3.46. The third-order valence-electron chi connectivity index (χ3n) is 4.52. The zero-order chi connectivity index (χ0) is 14.7. The van der Waals surface area contributed by atoms with Crippen molar-refractivity contribution < 1.29 is 0 Å². The average Bonchev–Trinajstić information content (AvgIpc) is 3.14. The van der Waals surface area contributed by atoms with Gasteiger partial charge in [-0.15, -0.1) is 0 Å². The van der Waals surface area contributed by atoms with Crippen molar-refractivity contribution in [2.24, 2.45) is 0 Å². The number of hydrogen-bond acceptors (Lipinski definition) is 5. The lowest BCUT2D eigenvalue weighted by Gasteiger charge is -2.24. The summed E-state index contributed by atoms with van der Waals surface area (Å²) in [7, 11) is 0. The van der Waals surface area contributed by atoms with E-state index in [9.17, 15) is 0 Å². The number of aryl methyl sites for hydroxylation is 1. The molecule has 2 aliphatic heterocycles. The quantitative estimate of drug-likeness (QED) is 0.901. The lowest BCUT2D eigenvalue weighted by molar-refractivity contribution is 0.260. The maximum Gasteiger partial charge on any atom is 0.134 e. The second-order valence-electron chi connectivity index (χ2n) is 6.22. The largest absolute Gasteiger partial charge is 0.370 e. The molecular weight excluding hydrogens is 262 g/mol. The minimum Gasteiger partial charge on any atom is -0.370 e. The number of hydrogen-bond donors (Lipinski definition) is 1. The Morgan fingerprint density at radius 1 is 1.24 bits per heavy atom. The Kier molecular flexibility index (Phi) is 4.58. The van der Waals surface area contributed by atoms with E-state index in [1.807, 2.05) is 6.92 Å². The van der Waals surface area contributed by atoms with Gasteiger partial charge in [-0.2, -0.15) is 0 Å². The monoisotopic (exact) mass is 289 g/mol. The van der Waals surface area contributed by atoms with E-state index >= 15 is 0 Å². The van der Waals surface area contributed by atoms with Gasteiger partial charge in [0.1, 0.15) is 17.5 Å². The number of anilines is 2. The Morgan fingerprint density at radius 3 is 2.81 bits per heavy atom. The Bertz CT molecular complexity index is 470. The highest BCUT2D eigenvalue weighted by atomic mass is 15.3. The first-order chi connectivity index (χ1) is 10.3. The topological polar surface area (TPSA) is 44.3 Å². The summed E-state index contributed by atoms with van der Waals surface area (Å²) >= 11 is 0. The van der Waals surface area contributed by atoms with E-state index in [2.05, 4.69) is 38.1 Å². The van der Waals surface area contributed by atoms with Gasteiger partial charge >= 0.3 is 0 Å². The summed E-state index contributed by atoms with van der Waals surface area (Å²) in [4.78, 5) is 14.2. The lowest BCUT2D eigenvalue weighted by atomic mass is 10.2. The van der Waals surface area contributed by atoms with Crippen LogP contribution in [0.15, 0.2) is 6.07 Å². The summed E-state index contributed by atoms with van der Waals surface area (Å²) in [6, 6.07) is 2.82. The van der Waals surface area contributed by atoms with Crippen LogP contribution in [-0.4, -0.2) is 53.6 Å². The van der Waals surface area contributed by atoms with Crippen LogP contribution >= 0.6 is 0 Å². The van der Waals surface area contributed by atoms with Gasteiger partial charge in [-0.05, 0) is 45.7 Å². The molecule has 116 valence electrons. The van der Waals surface area contributed by atoms with Crippen LogP contribution in [0.5, 0.6) is 0 Å². The van der Waals surface area contributed by atoms with Gasteiger partial charge in [0.05, 0.1) is 0 Å². The first-order valence-electron chi connectivity index (χ1n) is 8.35. The molecule has 1 unspecified atom stereocenters. The van der Waals surface area contributed by atoms with Crippen molar-refractivity contribution >= 4 is 11.6 Å². The molecule has 1 atom stereocenters. The van der Waals surface area contributed by atoms with Crippen molar-refractivity contribution in [3.8, 4) is 0 Å². The van der Waals surface area contributed by atoms with Gasteiger partial charge in [-0.3, -0.25) is 4.90 Å². The molecule has 3 heterocycles. The Labute approximate surface area is 127 Å². The van der Waals surface area contributed by atoms with Crippen LogP contribution in [-0.2, 0) is 0 Å². The SMILES string of the molecule is CCCNc1cc(N2CCC(N3CCCC3)C2)nc(C)n1. The van der Waals surface area contributed by atoms with Gasteiger partial charge in [0.2, 0.25) is 0 Å². The van der Waals surface area contributed by atoms with Gasteiger partial charge in [0, 0.05) is 31.7 Å². The molecule has 0 radical (unpaired) electrons. The Hall–Kier alpha value is -1.36. The normalized spacial score (nSPS) is 23.0. The molecule has 0 aromatic carbocycles. The summed E-state index contributed by atoms with van der Waals surface area (Å²) in [5.74, 6) is 2.91. The molecule has 1 N–H and O–H groups in total. The molecule has 1 aromatic rings. The molecule has 2 aliphatic rings. The number of nitrogens with one attached hydrogen (secondary N) is 1. The third-order valence-corrected chi connectivity index (χ3v) is 4.52. The van der Waals surface area contributed by atoms with Crippen molar-refractivity contribution in [1.82, 2.24) is 14.9 Å². The lowest BCUT2D eigenvalue weighted by Crippen LogP contribution is -2.35. The minimum absolute atomic E-state index is 0.717. The van der Waals surface area contributed by atoms with E-state index < -0.39 is 0 Å². The highest BCUT2D eigenvalue weighted by Gasteiger charge is 2.30. The zero-order valence-corrected chi connectivity index (χ0v) is 13.3. The zero-order valence-electron chi connectivity index (χ0n) is 13.3. The molecule has 2 saturated heterocycles. The van der Waals surface area contributed by atoms with Crippen LogP contribution in [0.4, 0.5) is 11.6 Å². The summed E-state index contributed by atoms with van der Waals surface area (Å²) in [5.41, 5.74) is 0. The fourth-order valence-corrected chi connectivity index (χ4v) is 3.41. The molecule has 0 bridgehead atoms. The van der Waals surface area contributed by atoms with E-state index in [1.54, 1.807) is 0 Å².